The van der Waals surface area contributed by atoms with Crippen molar-refractivity contribution in [2.24, 2.45) is 0 Å². The van der Waals surface area contributed by atoms with Crippen LogP contribution in [-0.4, -0.2) is 12.3 Å². The molecule has 0 radical (unpaired) electrons. The first-order chi connectivity index (χ1) is 7.24. The van der Waals surface area contributed by atoms with Crippen LogP contribution in [0, 0.1) is 11.3 Å². The highest BCUT2D eigenvalue weighted by atomic mass is 16.1. The third-order valence-electron chi connectivity index (χ3n) is 2.07. The summed E-state index contributed by atoms with van der Waals surface area (Å²) in [6.07, 6.45) is 1.39. The molecule has 0 saturated heterocycles. The van der Waals surface area contributed by atoms with Crippen molar-refractivity contribution in [1.82, 2.24) is 0 Å². The molecule has 1 rings (SSSR count). The van der Waals surface area contributed by atoms with Crippen molar-refractivity contribution in [3.63, 3.8) is 0 Å². The third kappa shape index (κ3) is 3.82. The number of para-hydroxylation sites is 1. The second-order valence-corrected chi connectivity index (χ2v) is 3.39. The van der Waals surface area contributed by atoms with Crippen LogP contribution in [0.25, 0.3) is 0 Å². The Morgan fingerprint density at radius 1 is 1.47 bits per heavy atom. The molecular formula is C12H14N2O. The van der Waals surface area contributed by atoms with Crippen molar-refractivity contribution in [3.05, 3.63) is 29.8 Å². The van der Waals surface area contributed by atoms with Gasteiger partial charge >= 0.3 is 0 Å². The summed E-state index contributed by atoms with van der Waals surface area (Å²) in [5.74, 6) is 0.199. The van der Waals surface area contributed by atoms with E-state index < -0.39 is 0 Å². The van der Waals surface area contributed by atoms with E-state index in [2.05, 4.69) is 11.4 Å². The molecule has 1 aromatic carbocycles. The number of rotatable bonds is 5. The highest BCUT2D eigenvalue weighted by Crippen LogP contribution is 2.13. The van der Waals surface area contributed by atoms with E-state index >= 15 is 0 Å². The van der Waals surface area contributed by atoms with Gasteiger partial charge in [0.15, 0.2) is 0 Å². The fourth-order valence-corrected chi connectivity index (χ4v) is 1.30. The lowest BCUT2D eigenvalue weighted by molar-refractivity contribution is -0.117. The summed E-state index contributed by atoms with van der Waals surface area (Å²) in [5.41, 5.74) is 1.48. The van der Waals surface area contributed by atoms with Crippen LogP contribution in [0.5, 0.6) is 0 Å². The predicted octanol–water partition coefficient (Wildman–Crippen LogP) is 2.34. The predicted molar refractivity (Wildman–Crippen MR) is 59.6 cm³/mol. The Bertz CT molecular complexity index is 379. The van der Waals surface area contributed by atoms with Crippen molar-refractivity contribution < 1.29 is 4.79 Å². The summed E-state index contributed by atoms with van der Waals surface area (Å²) in [7, 11) is 0. The highest BCUT2D eigenvalue weighted by Gasteiger charge is 1.99. The van der Waals surface area contributed by atoms with Crippen molar-refractivity contribution in [2.75, 3.05) is 11.9 Å². The Kier molecular flexibility index (Phi) is 4.36. The molecule has 0 aliphatic heterocycles. The molecule has 0 aliphatic carbocycles. The molecule has 0 saturated carbocycles. The normalized spacial score (nSPS) is 9.33. The molecule has 0 spiro atoms. The van der Waals surface area contributed by atoms with Crippen LogP contribution >= 0.6 is 0 Å². The molecule has 3 heteroatoms. The second-order valence-electron chi connectivity index (χ2n) is 3.39. The van der Waals surface area contributed by atoms with E-state index in [1.807, 2.05) is 18.2 Å². The van der Waals surface area contributed by atoms with Gasteiger partial charge in [-0.2, -0.15) is 5.26 Å². The molecule has 0 heterocycles. The van der Waals surface area contributed by atoms with E-state index in [4.69, 9.17) is 5.26 Å². The van der Waals surface area contributed by atoms with Gasteiger partial charge in [0.05, 0.1) is 11.3 Å². The van der Waals surface area contributed by atoms with Crippen LogP contribution in [0.2, 0.25) is 0 Å². The molecule has 78 valence electrons. The van der Waals surface area contributed by atoms with Crippen LogP contribution in [0.3, 0.4) is 0 Å². The summed E-state index contributed by atoms with van der Waals surface area (Å²) in [6, 6.07) is 9.47. The molecular weight excluding hydrogens is 188 g/mol. The standard InChI is InChI=1S/C12H14N2O/c1-10(15)5-4-8-14-12-7-3-2-6-11(12)9-13/h2-3,6-7,14H,4-5,8H2,1H3. The van der Waals surface area contributed by atoms with Gasteiger partial charge in [-0.15, -0.1) is 0 Å². The lowest BCUT2D eigenvalue weighted by atomic mass is 10.2. The number of ketones is 1. The van der Waals surface area contributed by atoms with Gasteiger partial charge in [0.1, 0.15) is 11.9 Å². The highest BCUT2D eigenvalue weighted by molar-refractivity contribution is 5.75. The number of anilines is 1. The van der Waals surface area contributed by atoms with Gasteiger partial charge in [-0.25, -0.2) is 0 Å². The minimum Gasteiger partial charge on any atom is -0.384 e. The first-order valence-electron chi connectivity index (χ1n) is 4.96. The van der Waals surface area contributed by atoms with Crippen molar-refractivity contribution >= 4 is 11.5 Å². The molecule has 1 N–H and O–H groups in total. The zero-order valence-electron chi connectivity index (χ0n) is 8.79. The maximum Gasteiger partial charge on any atom is 0.129 e. The lowest BCUT2D eigenvalue weighted by Crippen LogP contribution is -2.04. The second kappa shape index (κ2) is 5.82. The summed E-state index contributed by atoms with van der Waals surface area (Å²) >= 11 is 0. The van der Waals surface area contributed by atoms with E-state index in [9.17, 15) is 4.79 Å². The third-order valence-corrected chi connectivity index (χ3v) is 2.07. The van der Waals surface area contributed by atoms with Gasteiger partial charge in [0.2, 0.25) is 0 Å². The SMILES string of the molecule is CC(=O)CCCNc1ccccc1C#N. The summed E-state index contributed by atoms with van der Waals surface area (Å²) in [6.45, 7) is 2.31. The number of carbonyl (C=O) groups is 1. The summed E-state index contributed by atoms with van der Waals surface area (Å²) < 4.78 is 0. The molecule has 0 aliphatic rings. The van der Waals surface area contributed by atoms with Gasteiger partial charge in [0.25, 0.3) is 0 Å². The zero-order chi connectivity index (χ0) is 11.1. The van der Waals surface area contributed by atoms with E-state index in [1.165, 1.54) is 0 Å². The molecule has 0 bridgehead atoms. The van der Waals surface area contributed by atoms with Crippen LogP contribution in [0.1, 0.15) is 25.3 Å². The number of nitrogens with zero attached hydrogens (tertiary/aromatic N) is 1. The van der Waals surface area contributed by atoms with E-state index in [-0.39, 0.29) is 5.78 Å². The van der Waals surface area contributed by atoms with Crippen molar-refractivity contribution in [1.29, 1.82) is 5.26 Å². The fourth-order valence-electron chi connectivity index (χ4n) is 1.30. The topological polar surface area (TPSA) is 52.9 Å². The van der Waals surface area contributed by atoms with Crippen LogP contribution in [-0.2, 0) is 4.79 Å². The van der Waals surface area contributed by atoms with Crippen molar-refractivity contribution in [2.45, 2.75) is 19.8 Å². The number of carbonyl (C=O) groups excluding carboxylic acids is 1. The number of benzene rings is 1. The number of Topliss-reactive ketones (excluding diaryl/α,β-unsaturated/α-hetero) is 1. The quantitative estimate of drug-likeness (QED) is 0.745. The Balaban J connectivity index is 2.44. The minimum atomic E-state index is 0.199. The summed E-state index contributed by atoms with van der Waals surface area (Å²) in [4.78, 5) is 10.7. The Hall–Kier alpha value is -1.82. The Labute approximate surface area is 89.7 Å². The molecule has 15 heavy (non-hydrogen) atoms. The van der Waals surface area contributed by atoms with Crippen LogP contribution in [0.15, 0.2) is 24.3 Å². The minimum absolute atomic E-state index is 0.199. The molecule has 1 aromatic rings. The fraction of sp³-hybridized carbons (Fsp3) is 0.333. The van der Waals surface area contributed by atoms with E-state index in [0.29, 0.717) is 12.0 Å². The first-order valence-corrected chi connectivity index (χ1v) is 4.96. The van der Waals surface area contributed by atoms with Crippen LogP contribution in [0.4, 0.5) is 5.69 Å². The smallest absolute Gasteiger partial charge is 0.129 e. The van der Waals surface area contributed by atoms with Crippen LogP contribution < -0.4 is 5.32 Å². The van der Waals surface area contributed by atoms with E-state index in [1.54, 1.807) is 13.0 Å². The van der Waals surface area contributed by atoms with Crippen molar-refractivity contribution in [3.8, 4) is 6.07 Å². The Morgan fingerprint density at radius 3 is 2.87 bits per heavy atom. The largest absolute Gasteiger partial charge is 0.384 e. The molecule has 0 amide bonds. The van der Waals surface area contributed by atoms with E-state index in [0.717, 1.165) is 18.7 Å². The Morgan fingerprint density at radius 2 is 2.20 bits per heavy atom. The maximum atomic E-state index is 10.7. The van der Waals surface area contributed by atoms with Gasteiger partial charge in [-0.05, 0) is 25.5 Å². The number of hydrogen-bond acceptors (Lipinski definition) is 3. The average molecular weight is 202 g/mol. The summed E-state index contributed by atoms with van der Waals surface area (Å²) in [5, 5.41) is 12.0. The first kappa shape index (κ1) is 11.3. The molecule has 0 unspecified atom stereocenters. The molecule has 0 aromatic heterocycles. The monoisotopic (exact) mass is 202 g/mol. The number of hydrogen-bond donors (Lipinski definition) is 1. The van der Waals surface area contributed by atoms with Gasteiger partial charge in [-0.1, -0.05) is 12.1 Å². The number of nitrogens with one attached hydrogen (secondary N) is 1. The zero-order valence-corrected chi connectivity index (χ0v) is 8.79. The average Bonchev–Trinajstić information content (AvgIpc) is 2.24. The van der Waals surface area contributed by atoms with Gasteiger partial charge in [0, 0.05) is 13.0 Å². The van der Waals surface area contributed by atoms with Gasteiger partial charge in [-0.3, -0.25) is 0 Å². The molecule has 0 atom stereocenters. The lowest BCUT2D eigenvalue weighted by Gasteiger charge is -2.06. The molecule has 3 nitrogen and oxygen atoms in total. The van der Waals surface area contributed by atoms with Gasteiger partial charge < -0.3 is 10.1 Å². The number of nitriles is 1. The maximum absolute atomic E-state index is 10.7. The molecule has 0 fully saturated rings.